The van der Waals surface area contributed by atoms with Gasteiger partial charge in [0.1, 0.15) is 6.07 Å². The first-order valence-corrected chi connectivity index (χ1v) is 10.2. The van der Waals surface area contributed by atoms with Crippen molar-refractivity contribution in [3.05, 3.63) is 22.9 Å². The Bertz CT molecular complexity index is 807. The lowest BCUT2D eigenvalue weighted by atomic mass is 9.47. The van der Waals surface area contributed by atoms with Crippen molar-refractivity contribution in [1.29, 1.82) is 15.8 Å². The summed E-state index contributed by atoms with van der Waals surface area (Å²) >= 11 is 0. The molecule has 3 rings (SSSR count). The minimum Gasteiger partial charge on any atom is -0.399 e. The molecule has 2 N–H and O–H groups in total. The molecule has 1 spiro atoms. The smallest absolute Gasteiger partial charge is 0.190 e. The van der Waals surface area contributed by atoms with Crippen molar-refractivity contribution in [2.24, 2.45) is 22.5 Å². The van der Waals surface area contributed by atoms with Crippen molar-refractivity contribution in [1.82, 2.24) is 9.80 Å². The van der Waals surface area contributed by atoms with Crippen LogP contribution < -0.4 is 5.73 Å². The van der Waals surface area contributed by atoms with Crippen LogP contribution >= 0.6 is 0 Å². The average Bonchev–Trinajstić information content (AvgIpc) is 2.69. The maximum Gasteiger partial charge on any atom is 0.190 e. The van der Waals surface area contributed by atoms with Gasteiger partial charge in [-0.1, -0.05) is 6.08 Å². The summed E-state index contributed by atoms with van der Waals surface area (Å²) in [7, 11) is 0. The number of nitrogens with two attached hydrogens (primary N) is 1. The predicted molar refractivity (Wildman–Crippen MR) is 107 cm³/mol. The molecule has 0 saturated carbocycles. The normalized spacial score (nSPS) is 27.1. The Balaban J connectivity index is 2.20. The van der Waals surface area contributed by atoms with Gasteiger partial charge in [0.2, 0.25) is 0 Å². The topological polar surface area (TPSA) is 104 Å². The zero-order valence-corrected chi connectivity index (χ0v) is 17.4. The first-order chi connectivity index (χ1) is 13.3. The number of allylic oxidation sites excluding steroid dienone is 2. The van der Waals surface area contributed by atoms with Gasteiger partial charge >= 0.3 is 0 Å². The maximum absolute atomic E-state index is 10.2. The largest absolute Gasteiger partial charge is 0.399 e. The Morgan fingerprint density at radius 1 is 1.04 bits per heavy atom. The van der Waals surface area contributed by atoms with E-state index < -0.39 is 10.8 Å². The number of hydrogen-bond donors (Lipinski definition) is 1. The fourth-order valence-electron chi connectivity index (χ4n) is 5.46. The lowest BCUT2D eigenvalue weighted by Crippen LogP contribution is -2.61. The molecule has 0 aromatic carbocycles. The van der Waals surface area contributed by atoms with Gasteiger partial charge in [-0.15, -0.1) is 0 Å². The van der Waals surface area contributed by atoms with E-state index in [2.05, 4.69) is 61.8 Å². The molecule has 1 atom stereocenters. The molecule has 1 aliphatic carbocycles. The molecule has 2 aliphatic heterocycles. The standard InChI is InChI=1S/C22H30N6/c1-15(2)27-9-6-21(7-10-27)19-12-28(16(3)4)8-5-17(19)18(11-23)20(26)22(21,13-24)14-25/h5,15-16,19H,6-10,12,26H2,1-4H3/t19-/m1/s1. The van der Waals surface area contributed by atoms with Gasteiger partial charge in [-0.05, 0) is 59.2 Å². The van der Waals surface area contributed by atoms with Gasteiger partial charge in [0.05, 0.1) is 23.4 Å². The summed E-state index contributed by atoms with van der Waals surface area (Å²) in [6, 6.07) is 7.62. The Morgan fingerprint density at radius 2 is 1.61 bits per heavy atom. The number of hydrogen-bond acceptors (Lipinski definition) is 6. The molecule has 6 heteroatoms. The summed E-state index contributed by atoms with van der Waals surface area (Å²) in [5.41, 5.74) is 5.89. The highest BCUT2D eigenvalue weighted by Crippen LogP contribution is 2.61. The van der Waals surface area contributed by atoms with Crippen LogP contribution in [-0.4, -0.2) is 48.1 Å². The van der Waals surface area contributed by atoms with Crippen LogP contribution in [0.1, 0.15) is 40.5 Å². The maximum atomic E-state index is 10.2. The van der Waals surface area contributed by atoms with Crippen molar-refractivity contribution in [3.8, 4) is 18.2 Å². The van der Waals surface area contributed by atoms with Gasteiger partial charge in [-0.25, -0.2) is 0 Å². The molecule has 0 amide bonds. The van der Waals surface area contributed by atoms with Gasteiger partial charge in [0, 0.05) is 36.5 Å². The highest BCUT2D eigenvalue weighted by molar-refractivity contribution is 5.58. The van der Waals surface area contributed by atoms with Gasteiger partial charge < -0.3 is 10.6 Å². The Hall–Kier alpha value is -2.33. The van der Waals surface area contributed by atoms with Crippen LogP contribution in [0.2, 0.25) is 0 Å². The first kappa shape index (κ1) is 20.4. The van der Waals surface area contributed by atoms with Crippen molar-refractivity contribution >= 4 is 0 Å². The summed E-state index contributed by atoms with van der Waals surface area (Å²) in [5, 5.41) is 30.3. The Morgan fingerprint density at radius 3 is 2.07 bits per heavy atom. The molecule has 0 unspecified atom stereocenters. The van der Waals surface area contributed by atoms with Crippen LogP contribution in [0.5, 0.6) is 0 Å². The molecule has 0 bridgehead atoms. The molecule has 2 heterocycles. The Kier molecular flexibility index (Phi) is 5.28. The third-order valence-electron chi connectivity index (χ3n) is 7.31. The third kappa shape index (κ3) is 2.66. The summed E-state index contributed by atoms with van der Waals surface area (Å²) < 4.78 is 0. The summed E-state index contributed by atoms with van der Waals surface area (Å²) in [6.45, 7) is 11.9. The van der Waals surface area contributed by atoms with Gasteiger partial charge in [0.15, 0.2) is 5.41 Å². The van der Waals surface area contributed by atoms with Crippen LogP contribution in [-0.2, 0) is 0 Å². The number of fused-ring (bicyclic) bond motifs is 2. The van der Waals surface area contributed by atoms with Gasteiger partial charge in [0.25, 0.3) is 0 Å². The zero-order chi connectivity index (χ0) is 20.7. The molecule has 28 heavy (non-hydrogen) atoms. The number of likely N-dealkylation sites (tertiary alicyclic amines) is 1. The molecule has 0 aromatic heterocycles. The van der Waals surface area contributed by atoms with Crippen LogP contribution in [0.25, 0.3) is 0 Å². The van der Waals surface area contributed by atoms with Crippen molar-refractivity contribution < 1.29 is 0 Å². The minimum absolute atomic E-state index is 0.0285. The van der Waals surface area contributed by atoms with Crippen LogP contribution in [0, 0.1) is 50.7 Å². The van der Waals surface area contributed by atoms with Crippen LogP contribution in [0.3, 0.4) is 0 Å². The zero-order valence-electron chi connectivity index (χ0n) is 17.4. The highest BCUT2D eigenvalue weighted by Gasteiger charge is 2.64. The quantitative estimate of drug-likeness (QED) is 0.792. The molecule has 148 valence electrons. The SMILES string of the molecule is CC(C)N1CCC2(CC1)[C@@H]1CN(C(C)C)CC=C1C(C#N)=C(N)C2(C#N)C#N. The molecule has 1 saturated heterocycles. The molecule has 6 nitrogen and oxygen atoms in total. The molecule has 0 radical (unpaired) electrons. The second-order valence-corrected chi connectivity index (χ2v) is 8.92. The highest BCUT2D eigenvalue weighted by atomic mass is 15.2. The van der Waals surface area contributed by atoms with E-state index in [0.29, 0.717) is 17.7 Å². The van der Waals surface area contributed by atoms with E-state index >= 15 is 0 Å². The summed E-state index contributed by atoms with van der Waals surface area (Å²) in [4.78, 5) is 4.76. The van der Waals surface area contributed by atoms with E-state index in [4.69, 9.17) is 5.73 Å². The van der Waals surface area contributed by atoms with Crippen molar-refractivity contribution in [3.63, 3.8) is 0 Å². The fourth-order valence-corrected chi connectivity index (χ4v) is 5.46. The average molecular weight is 379 g/mol. The molecular formula is C22H30N6. The molecule has 0 aromatic rings. The van der Waals surface area contributed by atoms with E-state index in [1.54, 1.807) is 0 Å². The van der Waals surface area contributed by atoms with E-state index in [9.17, 15) is 15.8 Å². The molecule has 1 fully saturated rings. The molecule has 3 aliphatic rings. The fraction of sp³-hybridized carbons (Fsp3) is 0.682. The number of rotatable bonds is 2. The van der Waals surface area contributed by atoms with E-state index in [-0.39, 0.29) is 11.6 Å². The van der Waals surface area contributed by atoms with Crippen molar-refractivity contribution in [2.45, 2.75) is 52.6 Å². The number of nitrogens with zero attached hydrogens (tertiary/aromatic N) is 5. The first-order valence-electron chi connectivity index (χ1n) is 10.2. The lowest BCUT2D eigenvalue weighted by Gasteiger charge is -2.57. The number of nitriles is 3. The van der Waals surface area contributed by atoms with E-state index in [1.165, 1.54) is 0 Å². The van der Waals surface area contributed by atoms with Crippen molar-refractivity contribution in [2.75, 3.05) is 26.2 Å². The predicted octanol–water partition coefficient (Wildman–Crippen LogP) is 2.53. The lowest BCUT2D eigenvalue weighted by molar-refractivity contribution is -0.0212. The monoisotopic (exact) mass is 378 g/mol. The third-order valence-corrected chi connectivity index (χ3v) is 7.31. The second-order valence-electron chi connectivity index (χ2n) is 8.92. The summed E-state index contributed by atoms with van der Waals surface area (Å²) in [6.07, 6.45) is 3.58. The van der Waals surface area contributed by atoms with E-state index in [0.717, 1.165) is 44.6 Å². The second kappa shape index (κ2) is 7.25. The molecular weight excluding hydrogens is 348 g/mol. The van der Waals surface area contributed by atoms with Crippen LogP contribution in [0.15, 0.2) is 22.9 Å². The number of piperidine rings is 1. The van der Waals surface area contributed by atoms with E-state index in [1.807, 2.05) is 0 Å². The van der Waals surface area contributed by atoms with Crippen LogP contribution in [0.4, 0.5) is 0 Å². The van der Waals surface area contributed by atoms with Gasteiger partial charge in [-0.3, -0.25) is 4.90 Å². The van der Waals surface area contributed by atoms with Gasteiger partial charge in [-0.2, -0.15) is 15.8 Å². The summed E-state index contributed by atoms with van der Waals surface area (Å²) in [5.74, 6) is -0.0285. The minimum atomic E-state index is -1.46. The Labute approximate surface area is 168 Å².